The van der Waals surface area contributed by atoms with Crippen LogP contribution in [0.25, 0.3) is 0 Å². The van der Waals surface area contributed by atoms with E-state index in [-0.39, 0.29) is 25.4 Å². The van der Waals surface area contributed by atoms with Gasteiger partial charge in [0.1, 0.15) is 5.75 Å². The van der Waals surface area contributed by atoms with Crippen LogP contribution in [0.5, 0.6) is 5.75 Å². The number of nitrogens with zero attached hydrogens (tertiary/aromatic N) is 3. The van der Waals surface area contributed by atoms with Crippen molar-refractivity contribution >= 4 is 52.6 Å². The summed E-state index contributed by atoms with van der Waals surface area (Å²) in [6.07, 6.45) is 3.82. The molecule has 0 spiro atoms. The highest BCUT2D eigenvalue weighted by atomic mass is 35.6. The molecule has 4 rings (SSSR count). The van der Waals surface area contributed by atoms with Gasteiger partial charge in [-0.3, -0.25) is 9.59 Å². The van der Waals surface area contributed by atoms with E-state index in [1.807, 2.05) is 24.4 Å². The molecule has 0 radical (unpaired) electrons. The molecule has 2 aliphatic rings. The first kappa shape index (κ1) is 24.0. The first-order valence-corrected chi connectivity index (χ1v) is 11.9. The summed E-state index contributed by atoms with van der Waals surface area (Å²) in [4.78, 5) is 30.3. The maximum Gasteiger partial charge on any atom is 0.304 e. The quantitative estimate of drug-likeness (QED) is 0.546. The maximum absolute atomic E-state index is 13.0. The number of rotatable bonds is 7. The van der Waals surface area contributed by atoms with E-state index < -0.39 is 15.7 Å². The Bertz CT molecular complexity index is 1010. The minimum Gasteiger partial charge on any atom is -0.493 e. The average Bonchev–Trinajstić information content (AvgIpc) is 3.10. The fraction of sp³-hybridized carbons (Fsp3) is 0.500. The largest absolute Gasteiger partial charge is 0.493 e. The highest BCUT2D eigenvalue weighted by Gasteiger charge is 2.35. The number of aryl methyl sites for hydroxylation is 1. The van der Waals surface area contributed by atoms with Crippen molar-refractivity contribution in [1.29, 1.82) is 0 Å². The predicted molar refractivity (Wildman–Crippen MR) is 126 cm³/mol. The molecule has 1 amide bonds. The topological polar surface area (TPSA) is 96.7 Å². The van der Waals surface area contributed by atoms with Crippen LogP contribution in [-0.4, -0.2) is 54.9 Å². The van der Waals surface area contributed by atoms with Gasteiger partial charge in [0.25, 0.3) is 0 Å². The Morgan fingerprint density at radius 2 is 2.12 bits per heavy atom. The summed E-state index contributed by atoms with van der Waals surface area (Å²) in [5.41, 5.74) is 2.70. The molecule has 1 aromatic heterocycles. The number of benzene rings is 1. The molecular formula is C22H25Cl3N4O4. The van der Waals surface area contributed by atoms with Crippen LogP contribution in [0.15, 0.2) is 24.4 Å². The summed E-state index contributed by atoms with van der Waals surface area (Å²) in [5.74, 6) is -0.533. The van der Waals surface area contributed by atoms with Gasteiger partial charge in [0.15, 0.2) is 0 Å². The number of carbonyl (C=O) groups excluding carboxylic acids is 1. The lowest BCUT2D eigenvalue weighted by atomic mass is 9.94. The number of aliphatic carboxylic acids is 1. The molecule has 11 heteroatoms. The van der Waals surface area contributed by atoms with Crippen LogP contribution < -0.4 is 10.1 Å². The molecule has 0 fully saturated rings. The fourth-order valence-corrected chi connectivity index (χ4v) is 4.71. The number of fused-ring (bicyclic) bond motifs is 2. The first-order chi connectivity index (χ1) is 15.7. The van der Waals surface area contributed by atoms with Crippen LogP contribution in [0, 0.1) is 5.92 Å². The van der Waals surface area contributed by atoms with Crippen LogP contribution >= 0.6 is 34.8 Å². The number of halogens is 3. The summed E-state index contributed by atoms with van der Waals surface area (Å²) < 4.78 is 6.41. The zero-order valence-electron chi connectivity index (χ0n) is 17.9. The summed E-state index contributed by atoms with van der Waals surface area (Å²) in [7, 11) is 0. The van der Waals surface area contributed by atoms with Crippen molar-refractivity contribution in [3.05, 3.63) is 41.2 Å². The molecule has 1 atom stereocenters. The van der Waals surface area contributed by atoms with Gasteiger partial charge in [0.2, 0.25) is 15.6 Å². The monoisotopic (exact) mass is 514 g/mol. The fourth-order valence-electron chi connectivity index (χ4n) is 4.28. The van der Waals surface area contributed by atoms with Crippen molar-refractivity contribution in [1.82, 2.24) is 14.5 Å². The number of alkyl halides is 3. The minimum atomic E-state index is -1.67. The van der Waals surface area contributed by atoms with Gasteiger partial charge in [-0.05, 0) is 36.1 Å². The Hall–Kier alpha value is -2.16. The van der Waals surface area contributed by atoms with Gasteiger partial charge < -0.3 is 24.6 Å². The molecule has 2 N–H and O–H groups in total. The summed E-state index contributed by atoms with van der Waals surface area (Å²) in [6, 6.07) is 5.59. The Morgan fingerprint density at radius 1 is 1.30 bits per heavy atom. The molecule has 2 aliphatic heterocycles. The van der Waals surface area contributed by atoms with E-state index in [2.05, 4.69) is 14.9 Å². The third-order valence-corrected chi connectivity index (χ3v) is 6.13. The molecule has 0 bridgehead atoms. The summed E-state index contributed by atoms with van der Waals surface area (Å²) >= 11 is 17.8. The van der Waals surface area contributed by atoms with Crippen molar-refractivity contribution in [2.75, 3.05) is 25.0 Å². The molecule has 178 valence electrons. The Kier molecular flexibility index (Phi) is 7.26. The van der Waals surface area contributed by atoms with E-state index in [4.69, 9.17) is 39.5 Å². The lowest BCUT2D eigenvalue weighted by molar-refractivity contribution is -0.144. The highest BCUT2D eigenvalue weighted by molar-refractivity contribution is 6.67. The van der Waals surface area contributed by atoms with Crippen LogP contribution in [0.3, 0.4) is 0 Å². The second-order valence-corrected chi connectivity index (χ2v) is 10.9. The highest BCUT2D eigenvalue weighted by Crippen LogP contribution is 2.33. The van der Waals surface area contributed by atoms with Gasteiger partial charge >= 0.3 is 5.97 Å². The molecule has 0 aliphatic carbocycles. The van der Waals surface area contributed by atoms with Gasteiger partial charge in [-0.25, -0.2) is 4.98 Å². The van der Waals surface area contributed by atoms with Crippen molar-refractivity contribution < 1.29 is 19.4 Å². The molecule has 8 nitrogen and oxygen atoms in total. The van der Waals surface area contributed by atoms with E-state index >= 15 is 0 Å². The van der Waals surface area contributed by atoms with Crippen molar-refractivity contribution in [3.63, 3.8) is 0 Å². The van der Waals surface area contributed by atoms with Crippen molar-refractivity contribution in [2.45, 2.75) is 42.6 Å². The van der Waals surface area contributed by atoms with Gasteiger partial charge in [-0.1, -0.05) is 40.9 Å². The number of imidazole rings is 1. The molecule has 1 aromatic carbocycles. The standard InChI is InChI=1S/C22H25Cl3N4O4/c23-22(24,25)13-29-11-16-9-18(3-2-14(16)8-15(20(29)32)10-19(30)31)33-7-4-17-12-28-6-1-5-26-21(28)27-17/h2-3,9,12,15H,1,4-8,10-11,13H2,(H,26,27)(H,30,31). The lowest BCUT2D eigenvalue weighted by Gasteiger charge is -2.27. The van der Waals surface area contributed by atoms with Gasteiger partial charge in [0, 0.05) is 32.3 Å². The van der Waals surface area contributed by atoms with Crippen LogP contribution in [0.4, 0.5) is 5.95 Å². The van der Waals surface area contributed by atoms with E-state index in [1.165, 1.54) is 4.90 Å². The van der Waals surface area contributed by atoms with E-state index in [1.54, 1.807) is 0 Å². The Morgan fingerprint density at radius 3 is 2.85 bits per heavy atom. The molecule has 0 saturated carbocycles. The average molecular weight is 516 g/mol. The number of hydrogen-bond acceptors (Lipinski definition) is 5. The van der Waals surface area contributed by atoms with Crippen LogP contribution in [-0.2, 0) is 35.5 Å². The number of carbonyl (C=O) groups is 2. The second kappa shape index (κ2) is 9.99. The summed E-state index contributed by atoms with van der Waals surface area (Å²) in [6.45, 7) is 2.44. The molecule has 1 unspecified atom stereocenters. The van der Waals surface area contributed by atoms with E-state index in [0.717, 1.165) is 42.3 Å². The van der Waals surface area contributed by atoms with Crippen LogP contribution in [0.1, 0.15) is 29.7 Å². The Balaban J connectivity index is 1.46. The van der Waals surface area contributed by atoms with Crippen molar-refractivity contribution in [3.8, 4) is 5.75 Å². The smallest absolute Gasteiger partial charge is 0.304 e. The molecular weight excluding hydrogens is 491 g/mol. The zero-order chi connectivity index (χ0) is 23.6. The molecule has 2 aromatic rings. The van der Waals surface area contributed by atoms with Gasteiger partial charge in [-0.2, -0.15) is 0 Å². The van der Waals surface area contributed by atoms with Crippen LogP contribution in [0.2, 0.25) is 0 Å². The minimum absolute atomic E-state index is 0.129. The maximum atomic E-state index is 13.0. The van der Waals surface area contributed by atoms with Gasteiger partial charge in [0.05, 0.1) is 31.2 Å². The molecule has 0 saturated heterocycles. The normalized spacial score (nSPS) is 18.2. The van der Waals surface area contributed by atoms with E-state index in [9.17, 15) is 14.7 Å². The van der Waals surface area contributed by atoms with Crippen molar-refractivity contribution in [2.24, 2.45) is 5.92 Å². The number of carboxylic acid groups (broad SMARTS) is 1. The third-order valence-electron chi connectivity index (χ3n) is 5.77. The van der Waals surface area contributed by atoms with Gasteiger partial charge in [-0.15, -0.1) is 0 Å². The second-order valence-electron chi connectivity index (χ2n) is 8.37. The third kappa shape index (κ3) is 6.25. The number of carboxylic acids is 1. The Labute approximate surface area is 206 Å². The SMILES string of the molecule is O=C(O)CC1Cc2ccc(OCCc3cn4c(n3)NCCC4)cc2CN(CC(Cl)(Cl)Cl)C1=O. The lowest BCUT2D eigenvalue weighted by Crippen LogP contribution is -2.40. The number of aromatic nitrogens is 2. The molecule has 33 heavy (non-hydrogen) atoms. The number of ether oxygens (including phenoxy) is 1. The number of amides is 1. The number of nitrogens with one attached hydrogen (secondary N) is 1. The zero-order valence-corrected chi connectivity index (χ0v) is 20.2. The number of anilines is 1. The van der Waals surface area contributed by atoms with E-state index in [0.29, 0.717) is 25.2 Å². The first-order valence-electron chi connectivity index (χ1n) is 10.8. The predicted octanol–water partition coefficient (Wildman–Crippen LogP) is 3.67. The summed E-state index contributed by atoms with van der Waals surface area (Å²) in [5, 5.41) is 12.5. The number of hydrogen-bond donors (Lipinski definition) is 2. The molecule has 3 heterocycles.